The Balaban J connectivity index is 1.74. The number of carbonyl (C=O) groups excluding carboxylic acids is 2. The molecular formula is C21H26N2O7S. The highest BCUT2D eigenvalue weighted by atomic mass is 32.2. The van der Waals surface area contributed by atoms with Crippen LogP contribution < -0.4 is 19.9 Å². The normalized spacial score (nSPS) is 12.0. The van der Waals surface area contributed by atoms with Crippen molar-refractivity contribution in [3.63, 3.8) is 0 Å². The van der Waals surface area contributed by atoms with Gasteiger partial charge in [-0.05, 0) is 56.7 Å². The van der Waals surface area contributed by atoms with Gasteiger partial charge in [-0.25, -0.2) is 13.6 Å². The van der Waals surface area contributed by atoms with Crippen LogP contribution in [-0.4, -0.2) is 39.6 Å². The molecule has 0 heterocycles. The molecule has 0 aliphatic carbocycles. The van der Waals surface area contributed by atoms with Crippen molar-refractivity contribution in [2.24, 2.45) is 5.14 Å². The van der Waals surface area contributed by atoms with Crippen LogP contribution in [0.4, 0.5) is 5.69 Å². The molecule has 1 atom stereocenters. The van der Waals surface area contributed by atoms with Crippen molar-refractivity contribution < 1.29 is 32.2 Å². The number of hydrogen-bond acceptors (Lipinski definition) is 7. The summed E-state index contributed by atoms with van der Waals surface area (Å²) in [5.74, 6) is 0.154. The van der Waals surface area contributed by atoms with Crippen molar-refractivity contribution in [3.05, 3.63) is 48.5 Å². The van der Waals surface area contributed by atoms with Crippen molar-refractivity contribution in [3.8, 4) is 11.5 Å². The highest BCUT2D eigenvalue weighted by Gasteiger charge is 2.18. The minimum atomic E-state index is -3.81. The first-order chi connectivity index (χ1) is 14.7. The van der Waals surface area contributed by atoms with Gasteiger partial charge < -0.3 is 19.5 Å². The van der Waals surface area contributed by atoms with Gasteiger partial charge in [0, 0.05) is 12.1 Å². The van der Waals surface area contributed by atoms with E-state index in [1.165, 1.54) is 31.2 Å². The Bertz CT molecular complexity index is 991. The molecule has 2 rings (SSSR count). The number of nitrogens with one attached hydrogen (secondary N) is 1. The minimum Gasteiger partial charge on any atom is -0.490 e. The maximum absolute atomic E-state index is 12.2. The summed E-state index contributed by atoms with van der Waals surface area (Å²) in [6, 6.07) is 12.6. The number of benzene rings is 2. The predicted molar refractivity (Wildman–Crippen MR) is 114 cm³/mol. The van der Waals surface area contributed by atoms with Gasteiger partial charge in [0.15, 0.2) is 17.6 Å². The molecule has 2 aromatic rings. The van der Waals surface area contributed by atoms with Gasteiger partial charge >= 0.3 is 5.97 Å². The summed E-state index contributed by atoms with van der Waals surface area (Å²) in [5.41, 5.74) is 0.349. The first kappa shape index (κ1) is 24.2. The average Bonchev–Trinajstić information content (AvgIpc) is 2.72. The van der Waals surface area contributed by atoms with E-state index in [1.807, 2.05) is 19.1 Å². The predicted octanol–water partition coefficient (Wildman–Crippen LogP) is 2.46. The second-order valence-electron chi connectivity index (χ2n) is 6.52. The first-order valence-electron chi connectivity index (χ1n) is 9.68. The number of esters is 1. The SMILES string of the molecule is CCOc1ccccc1OCCCC(=O)OC(C)C(=O)Nc1ccc(S(N)(=O)=O)cc1. The summed E-state index contributed by atoms with van der Waals surface area (Å²) in [5, 5.41) is 7.57. The zero-order valence-corrected chi connectivity index (χ0v) is 18.2. The molecule has 0 aliphatic heterocycles. The third-order valence-electron chi connectivity index (χ3n) is 4.06. The Morgan fingerprint density at radius 1 is 1.03 bits per heavy atom. The number of rotatable bonds is 11. The second-order valence-corrected chi connectivity index (χ2v) is 8.08. The molecule has 1 unspecified atom stereocenters. The van der Waals surface area contributed by atoms with E-state index < -0.39 is 28.0 Å². The number of hydrogen-bond donors (Lipinski definition) is 2. The molecule has 168 valence electrons. The lowest BCUT2D eigenvalue weighted by Gasteiger charge is -2.14. The van der Waals surface area contributed by atoms with Gasteiger partial charge in [-0.15, -0.1) is 0 Å². The van der Waals surface area contributed by atoms with Crippen LogP contribution in [0.15, 0.2) is 53.4 Å². The first-order valence-corrected chi connectivity index (χ1v) is 11.2. The molecule has 0 spiro atoms. The van der Waals surface area contributed by atoms with Crippen LogP contribution in [-0.2, 0) is 24.3 Å². The summed E-state index contributed by atoms with van der Waals surface area (Å²) < 4.78 is 38.7. The van der Waals surface area contributed by atoms with Gasteiger partial charge in [0.25, 0.3) is 5.91 Å². The van der Waals surface area contributed by atoms with Gasteiger partial charge in [0.1, 0.15) is 0 Å². The van der Waals surface area contributed by atoms with Crippen LogP contribution in [0.1, 0.15) is 26.7 Å². The molecule has 10 heteroatoms. The van der Waals surface area contributed by atoms with Gasteiger partial charge in [-0.3, -0.25) is 9.59 Å². The topological polar surface area (TPSA) is 134 Å². The fourth-order valence-electron chi connectivity index (χ4n) is 2.52. The Labute approximate surface area is 181 Å². The highest BCUT2D eigenvalue weighted by molar-refractivity contribution is 7.89. The zero-order valence-electron chi connectivity index (χ0n) is 17.4. The molecule has 2 aromatic carbocycles. The van der Waals surface area contributed by atoms with Gasteiger partial charge in [0.05, 0.1) is 18.1 Å². The lowest BCUT2D eigenvalue weighted by atomic mass is 10.3. The quantitative estimate of drug-likeness (QED) is 0.397. The van der Waals surface area contributed by atoms with Crippen LogP contribution >= 0.6 is 0 Å². The number of primary sulfonamides is 1. The van der Waals surface area contributed by atoms with E-state index in [4.69, 9.17) is 19.3 Å². The number of sulfonamides is 1. The molecule has 0 fully saturated rings. The van der Waals surface area contributed by atoms with E-state index in [1.54, 1.807) is 12.1 Å². The van der Waals surface area contributed by atoms with Crippen molar-refractivity contribution in [1.82, 2.24) is 0 Å². The van der Waals surface area contributed by atoms with E-state index in [-0.39, 0.29) is 17.9 Å². The molecule has 31 heavy (non-hydrogen) atoms. The zero-order chi connectivity index (χ0) is 22.9. The lowest BCUT2D eigenvalue weighted by molar-refractivity contribution is -0.153. The summed E-state index contributed by atoms with van der Waals surface area (Å²) in [4.78, 5) is 24.1. The monoisotopic (exact) mass is 450 g/mol. The number of para-hydroxylation sites is 2. The van der Waals surface area contributed by atoms with Crippen molar-refractivity contribution in [1.29, 1.82) is 0 Å². The Morgan fingerprint density at radius 3 is 2.23 bits per heavy atom. The smallest absolute Gasteiger partial charge is 0.306 e. The molecule has 0 bridgehead atoms. The molecule has 0 aliphatic rings. The molecule has 3 N–H and O–H groups in total. The summed E-state index contributed by atoms with van der Waals surface area (Å²) in [7, 11) is -3.81. The van der Waals surface area contributed by atoms with Gasteiger partial charge in [0.2, 0.25) is 10.0 Å². The van der Waals surface area contributed by atoms with Crippen molar-refractivity contribution in [2.45, 2.75) is 37.7 Å². The molecule has 9 nitrogen and oxygen atoms in total. The van der Waals surface area contributed by atoms with Crippen LogP contribution in [0.25, 0.3) is 0 Å². The highest BCUT2D eigenvalue weighted by Crippen LogP contribution is 2.26. The standard InChI is InChI=1S/C21H26N2O7S/c1-3-28-18-7-4-5-8-19(18)29-14-6-9-20(24)30-15(2)21(25)23-16-10-12-17(13-11-16)31(22,26)27/h4-5,7-8,10-13,15H,3,6,9,14H2,1-2H3,(H,23,25)(H2,22,26,27). The number of ether oxygens (including phenoxy) is 3. The maximum Gasteiger partial charge on any atom is 0.306 e. The summed E-state index contributed by atoms with van der Waals surface area (Å²) in [6.07, 6.45) is -0.537. The third kappa shape index (κ3) is 7.91. The summed E-state index contributed by atoms with van der Waals surface area (Å²) in [6.45, 7) is 4.13. The van der Waals surface area contributed by atoms with Crippen LogP contribution in [0.3, 0.4) is 0 Å². The average molecular weight is 451 g/mol. The van der Waals surface area contributed by atoms with E-state index in [0.717, 1.165) is 0 Å². The number of anilines is 1. The Kier molecular flexibility index (Phi) is 8.83. The summed E-state index contributed by atoms with van der Waals surface area (Å²) >= 11 is 0. The molecule has 0 aromatic heterocycles. The maximum atomic E-state index is 12.2. The van der Waals surface area contributed by atoms with Crippen LogP contribution in [0, 0.1) is 0 Å². The molecule has 0 saturated carbocycles. The van der Waals surface area contributed by atoms with E-state index in [2.05, 4.69) is 5.32 Å². The van der Waals surface area contributed by atoms with E-state index in [9.17, 15) is 18.0 Å². The van der Waals surface area contributed by atoms with Crippen molar-refractivity contribution in [2.75, 3.05) is 18.5 Å². The molecule has 1 amide bonds. The fraction of sp³-hybridized carbons (Fsp3) is 0.333. The molecular weight excluding hydrogens is 424 g/mol. The number of amides is 1. The third-order valence-corrected chi connectivity index (χ3v) is 4.99. The second kappa shape index (κ2) is 11.3. The van der Waals surface area contributed by atoms with Crippen molar-refractivity contribution >= 4 is 27.6 Å². The Morgan fingerprint density at radius 2 is 1.65 bits per heavy atom. The minimum absolute atomic E-state index is 0.0731. The van der Waals surface area contributed by atoms with E-state index >= 15 is 0 Å². The molecule has 0 radical (unpaired) electrons. The largest absolute Gasteiger partial charge is 0.490 e. The van der Waals surface area contributed by atoms with Crippen LogP contribution in [0.2, 0.25) is 0 Å². The lowest BCUT2D eigenvalue weighted by Crippen LogP contribution is -2.30. The Hall–Kier alpha value is -3.11. The van der Waals surface area contributed by atoms with Gasteiger partial charge in [-0.1, -0.05) is 12.1 Å². The molecule has 0 saturated heterocycles. The number of carbonyl (C=O) groups is 2. The fourth-order valence-corrected chi connectivity index (χ4v) is 3.04. The van der Waals surface area contributed by atoms with E-state index in [0.29, 0.717) is 30.2 Å². The van der Waals surface area contributed by atoms with Crippen LogP contribution in [0.5, 0.6) is 11.5 Å². The number of nitrogens with two attached hydrogens (primary N) is 1. The van der Waals surface area contributed by atoms with Gasteiger partial charge in [-0.2, -0.15) is 0 Å².